The van der Waals surface area contributed by atoms with Crippen LogP contribution in [0.4, 0.5) is 0 Å². The highest BCUT2D eigenvalue weighted by molar-refractivity contribution is 6.11. The van der Waals surface area contributed by atoms with Crippen LogP contribution in [0.15, 0.2) is 36.4 Å². The predicted molar refractivity (Wildman–Crippen MR) is 78.3 cm³/mol. The fraction of sp³-hybridized carbons (Fsp3) is 0.188. The summed E-state index contributed by atoms with van der Waals surface area (Å²) in [7, 11) is 1.37. The Morgan fingerprint density at radius 1 is 1.15 bits per heavy atom. The lowest BCUT2D eigenvalue weighted by atomic mass is 10.1. The van der Waals surface area contributed by atoms with E-state index in [9.17, 15) is 4.79 Å². The number of aromatic amines is 1. The minimum atomic E-state index is -0.372. The molecule has 0 aliphatic rings. The van der Waals surface area contributed by atoms with Crippen LogP contribution in [-0.4, -0.2) is 24.7 Å². The van der Waals surface area contributed by atoms with Gasteiger partial charge in [-0.2, -0.15) is 0 Å². The van der Waals surface area contributed by atoms with Gasteiger partial charge in [0.1, 0.15) is 11.4 Å². The molecule has 0 amide bonds. The topological polar surface area (TPSA) is 51.3 Å². The van der Waals surface area contributed by atoms with Crippen LogP contribution in [0.1, 0.15) is 17.4 Å². The molecule has 0 saturated heterocycles. The summed E-state index contributed by atoms with van der Waals surface area (Å²) in [5.74, 6) is 0.442. The number of fused-ring (bicyclic) bond motifs is 3. The number of benzene rings is 2. The van der Waals surface area contributed by atoms with Crippen LogP contribution in [0.5, 0.6) is 5.75 Å². The lowest BCUT2D eigenvalue weighted by Crippen LogP contribution is -2.00. The molecule has 0 spiro atoms. The monoisotopic (exact) mass is 269 g/mol. The van der Waals surface area contributed by atoms with Crippen molar-refractivity contribution in [3.05, 3.63) is 42.1 Å². The van der Waals surface area contributed by atoms with E-state index in [0.29, 0.717) is 12.3 Å². The number of rotatable bonds is 3. The Bertz CT molecular complexity index is 789. The van der Waals surface area contributed by atoms with Crippen molar-refractivity contribution in [1.29, 1.82) is 0 Å². The van der Waals surface area contributed by atoms with E-state index in [1.807, 2.05) is 43.3 Å². The lowest BCUT2D eigenvalue weighted by molar-refractivity contribution is 0.0595. The SMILES string of the molecule is CCOc1cc2[nH]c(C(=O)OC)cc2c2ccccc12. The Kier molecular flexibility index (Phi) is 3.06. The maximum Gasteiger partial charge on any atom is 0.354 e. The molecule has 20 heavy (non-hydrogen) atoms. The first kappa shape index (κ1) is 12.5. The average Bonchev–Trinajstić information content (AvgIpc) is 2.91. The van der Waals surface area contributed by atoms with Crippen LogP contribution >= 0.6 is 0 Å². The fourth-order valence-electron chi connectivity index (χ4n) is 2.44. The number of H-pyrrole nitrogens is 1. The van der Waals surface area contributed by atoms with E-state index in [4.69, 9.17) is 9.47 Å². The van der Waals surface area contributed by atoms with E-state index in [1.165, 1.54) is 7.11 Å². The van der Waals surface area contributed by atoms with Crippen molar-refractivity contribution < 1.29 is 14.3 Å². The zero-order chi connectivity index (χ0) is 14.1. The maximum absolute atomic E-state index is 11.6. The van der Waals surface area contributed by atoms with Crippen LogP contribution in [-0.2, 0) is 4.74 Å². The minimum absolute atomic E-state index is 0.372. The van der Waals surface area contributed by atoms with Gasteiger partial charge in [0.15, 0.2) is 0 Å². The molecule has 0 atom stereocenters. The van der Waals surface area contributed by atoms with Crippen molar-refractivity contribution in [2.75, 3.05) is 13.7 Å². The molecule has 3 rings (SSSR count). The maximum atomic E-state index is 11.6. The van der Waals surface area contributed by atoms with E-state index in [-0.39, 0.29) is 5.97 Å². The molecule has 1 heterocycles. The number of ether oxygens (including phenoxy) is 2. The Hall–Kier alpha value is -2.49. The van der Waals surface area contributed by atoms with Crippen LogP contribution < -0.4 is 4.74 Å². The highest BCUT2D eigenvalue weighted by atomic mass is 16.5. The number of carbonyl (C=O) groups is 1. The van der Waals surface area contributed by atoms with Gasteiger partial charge in [-0.3, -0.25) is 0 Å². The first-order valence-electron chi connectivity index (χ1n) is 6.50. The zero-order valence-corrected chi connectivity index (χ0v) is 11.4. The molecule has 0 saturated carbocycles. The van der Waals surface area contributed by atoms with E-state index in [2.05, 4.69) is 4.98 Å². The van der Waals surface area contributed by atoms with Gasteiger partial charge in [0.25, 0.3) is 0 Å². The molecule has 0 radical (unpaired) electrons. The third-order valence-corrected chi connectivity index (χ3v) is 3.31. The molecule has 1 aromatic heterocycles. The second-order valence-corrected chi connectivity index (χ2v) is 4.49. The third-order valence-electron chi connectivity index (χ3n) is 3.31. The van der Waals surface area contributed by atoms with Crippen molar-refractivity contribution in [1.82, 2.24) is 4.98 Å². The van der Waals surface area contributed by atoms with Gasteiger partial charge in [-0.1, -0.05) is 24.3 Å². The van der Waals surface area contributed by atoms with Gasteiger partial charge in [0.2, 0.25) is 0 Å². The van der Waals surface area contributed by atoms with Crippen LogP contribution in [0, 0.1) is 0 Å². The van der Waals surface area contributed by atoms with Crippen molar-refractivity contribution >= 4 is 27.6 Å². The predicted octanol–water partition coefficient (Wildman–Crippen LogP) is 3.51. The number of aromatic nitrogens is 1. The number of hydrogen-bond acceptors (Lipinski definition) is 3. The number of methoxy groups -OCH3 is 1. The summed E-state index contributed by atoms with van der Waals surface area (Å²) in [6.45, 7) is 2.55. The van der Waals surface area contributed by atoms with E-state index in [1.54, 1.807) is 0 Å². The number of nitrogens with one attached hydrogen (secondary N) is 1. The summed E-state index contributed by atoms with van der Waals surface area (Å²) in [6.07, 6.45) is 0. The molecule has 2 aromatic carbocycles. The summed E-state index contributed by atoms with van der Waals surface area (Å²) in [4.78, 5) is 14.7. The van der Waals surface area contributed by atoms with Gasteiger partial charge in [-0.25, -0.2) is 4.79 Å². The van der Waals surface area contributed by atoms with Crippen LogP contribution in [0.2, 0.25) is 0 Å². The molecular weight excluding hydrogens is 254 g/mol. The van der Waals surface area contributed by atoms with Crippen LogP contribution in [0.3, 0.4) is 0 Å². The van der Waals surface area contributed by atoms with Gasteiger partial charge in [-0.15, -0.1) is 0 Å². The van der Waals surface area contributed by atoms with Gasteiger partial charge in [0.05, 0.1) is 19.2 Å². The smallest absolute Gasteiger partial charge is 0.354 e. The highest BCUT2D eigenvalue weighted by Gasteiger charge is 2.13. The van der Waals surface area contributed by atoms with E-state index >= 15 is 0 Å². The molecule has 0 bridgehead atoms. The fourth-order valence-corrected chi connectivity index (χ4v) is 2.44. The Morgan fingerprint density at radius 2 is 1.90 bits per heavy atom. The van der Waals surface area contributed by atoms with Crippen molar-refractivity contribution in [3.63, 3.8) is 0 Å². The van der Waals surface area contributed by atoms with Crippen molar-refractivity contribution in [2.24, 2.45) is 0 Å². The third kappa shape index (κ3) is 1.90. The standard InChI is InChI=1S/C16H15NO3/c1-3-20-15-9-13-12(8-14(17-13)16(18)19-2)10-6-4-5-7-11(10)15/h4-9,17H,3H2,1-2H3. The molecule has 1 N–H and O–H groups in total. The van der Waals surface area contributed by atoms with E-state index < -0.39 is 0 Å². The molecule has 0 fully saturated rings. The second kappa shape index (κ2) is 4.89. The zero-order valence-electron chi connectivity index (χ0n) is 11.4. The van der Waals surface area contributed by atoms with Gasteiger partial charge >= 0.3 is 5.97 Å². The second-order valence-electron chi connectivity index (χ2n) is 4.49. The highest BCUT2D eigenvalue weighted by Crippen LogP contribution is 2.33. The summed E-state index contributed by atoms with van der Waals surface area (Å²) in [5, 5.41) is 3.08. The molecule has 0 unspecified atom stereocenters. The molecule has 3 aromatic rings. The summed E-state index contributed by atoms with van der Waals surface area (Å²) in [6, 6.07) is 11.7. The quantitative estimate of drug-likeness (QED) is 0.740. The Morgan fingerprint density at radius 3 is 2.60 bits per heavy atom. The number of hydrogen-bond donors (Lipinski definition) is 1. The average molecular weight is 269 g/mol. The van der Waals surface area contributed by atoms with Crippen molar-refractivity contribution in [2.45, 2.75) is 6.92 Å². The first-order chi connectivity index (χ1) is 9.74. The summed E-state index contributed by atoms with van der Waals surface area (Å²) >= 11 is 0. The number of esters is 1. The largest absolute Gasteiger partial charge is 0.493 e. The lowest BCUT2D eigenvalue weighted by Gasteiger charge is -2.08. The molecule has 4 nitrogen and oxygen atoms in total. The molecule has 0 aliphatic heterocycles. The van der Waals surface area contributed by atoms with Crippen LogP contribution in [0.25, 0.3) is 21.7 Å². The van der Waals surface area contributed by atoms with Crippen molar-refractivity contribution in [3.8, 4) is 5.75 Å². The minimum Gasteiger partial charge on any atom is -0.493 e. The molecular formula is C16H15NO3. The van der Waals surface area contributed by atoms with Gasteiger partial charge in [0, 0.05) is 16.8 Å². The van der Waals surface area contributed by atoms with Gasteiger partial charge < -0.3 is 14.5 Å². The van der Waals surface area contributed by atoms with E-state index in [0.717, 1.165) is 27.4 Å². The molecule has 102 valence electrons. The normalized spacial score (nSPS) is 10.9. The molecule has 4 heteroatoms. The first-order valence-corrected chi connectivity index (χ1v) is 6.50. The molecule has 0 aliphatic carbocycles. The summed E-state index contributed by atoms with van der Waals surface area (Å²) in [5.41, 5.74) is 1.31. The van der Waals surface area contributed by atoms with Gasteiger partial charge in [-0.05, 0) is 18.4 Å². The Balaban J connectivity index is 2.33. The number of carbonyl (C=O) groups excluding carboxylic acids is 1. The Labute approximate surface area is 116 Å². The summed E-state index contributed by atoms with van der Waals surface area (Å²) < 4.78 is 10.4.